The number of nitrogens with zero attached hydrogens (tertiary/aromatic N) is 1. The molecular formula is C15H17ClF3NO2. The van der Waals surface area contributed by atoms with E-state index < -0.39 is 25.3 Å². The fourth-order valence-corrected chi connectivity index (χ4v) is 2.84. The molecule has 1 saturated heterocycles. The zero-order valence-electron chi connectivity index (χ0n) is 11.9. The van der Waals surface area contributed by atoms with Crippen LogP contribution >= 0.6 is 11.6 Å². The van der Waals surface area contributed by atoms with E-state index in [1.165, 1.54) is 0 Å². The topological polar surface area (TPSA) is 29.5 Å². The summed E-state index contributed by atoms with van der Waals surface area (Å²) < 4.78 is 40.5. The molecule has 1 heterocycles. The average Bonchev–Trinajstić information content (AvgIpc) is 2.88. The van der Waals surface area contributed by atoms with Crippen molar-refractivity contribution in [2.45, 2.75) is 31.5 Å². The summed E-state index contributed by atoms with van der Waals surface area (Å²) in [5, 5.41) is 0.634. The lowest BCUT2D eigenvalue weighted by Crippen LogP contribution is -2.39. The average molecular weight is 336 g/mol. The van der Waals surface area contributed by atoms with Gasteiger partial charge in [0.15, 0.2) is 0 Å². The molecule has 1 aliphatic rings. The van der Waals surface area contributed by atoms with Crippen LogP contribution in [0, 0.1) is 0 Å². The number of rotatable bonds is 5. The summed E-state index contributed by atoms with van der Waals surface area (Å²) in [7, 11) is 0. The minimum absolute atomic E-state index is 0.0399. The fourth-order valence-electron chi connectivity index (χ4n) is 2.63. The quantitative estimate of drug-likeness (QED) is 0.825. The maximum absolute atomic E-state index is 12.0. The van der Waals surface area contributed by atoms with E-state index in [1.54, 1.807) is 11.0 Å². The maximum Gasteiger partial charge on any atom is 0.411 e. The smallest absolute Gasteiger partial charge is 0.362 e. The molecule has 2 rings (SSSR count). The monoisotopic (exact) mass is 335 g/mol. The van der Waals surface area contributed by atoms with Crippen LogP contribution in [-0.2, 0) is 16.0 Å². The predicted octanol–water partition coefficient (Wildman–Crippen LogP) is 3.45. The summed E-state index contributed by atoms with van der Waals surface area (Å²) in [5.74, 6) is -0.404. The van der Waals surface area contributed by atoms with Crippen molar-refractivity contribution in [3.63, 3.8) is 0 Å². The van der Waals surface area contributed by atoms with Crippen LogP contribution in [0.2, 0.25) is 5.02 Å². The highest BCUT2D eigenvalue weighted by Crippen LogP contribution is 2.25. The third kappa shape index (κ3) is 4.88. The van der Waals surface area contributed by atoms with Crippen LogP contribution < -0.4 is 0 Å². The predicted molar refractivity (Wildman–Crippen MR) is 76.8 cm³/mol. The van der Waals surface area contributed by atoms with Gasteiger partial charge < -0.3 is 9.64 Å². The van der Waals surface area contributed by atoms with E-state index in [9.17, 15) is 18.0 Å². The van der Waals surface area contributed by atoms with Crippen molar-refractivity contribution in [2.24, 2.45) is 0 Å². The molecule has 1 amide bonds. The molecule has 1 atom stereocenters. The molecule has 0 N–H and O–H groups in total. The first-order chi connectivity index (χ1) is 10.4. The molecule has 0 radical (unpaired) electrons. The molecule has 0 spiro atoms. The molecule has 22 heavy (non-hydrogen) atoms. The Bertz CT molecular complexity index is 522. The second kappa shape index (κ2) is 7.33. The molecule has 0 aliphatic carbocycles. The van der Waals surface area contributed by atoms with Crippen LogP contribution in [0.5, 0.6) is 0 Å². The number of alkyl halides is 3. The molecule has 1 unspecified atom stereocenters. The van der Waals surface area contributed by atoms with Gasteiger partial charge in [0, 0.05) is 17.6 Å². The molecule has 1 aromatic rings. The number of hydrogen-bond donors (Lipinski definition) is 0. The van der Waals surface area contributed by atoms with E-state index in [1.807, 2.05) is 18.2 Å². The summed E-state index contributed by atoms with van der Waals surface area (Å²) in [6.07, 6.45) is -2.16. The van der Waals surface area contributed by atoms with Crippen molar-refractivity contribution in [2.75, 3.05) is 19.8 Å². The van der Waals surface area contributed by atoms with Gasteiger partial charge in [-0.25, -0.2) is 0 Å². The van der Waals surface area contributed by atoms with Crippen LogP contribution in [0.15, 0.2) is 24.3 Å². The number of hydrogen-bond acceptors (Lipinski definition) is 2. The Kier molecular flexibility index (Phi) is 5.69. The van der Waals surface area contributed by atoms with Crippen molar-refractivity contribution >= 4 is 17.5 Å². The Morgan fingerprint density at radius 3 is 2.77 bits per heavy atom. The molecule has 1 fully saturated rings. The van der Waals surface area contributed by atoms with Gasteiger partial charge in [0.25, 0.3) is 0 Å². The van der Waals surface area contributed by atoms with Crippen molar-refractivity contribution in [1.29, 1.82) is 0 Å². The first kappa shape index (κ1) is 17.1. The Balaban J connectivity index is 1.90. The van der Waals surface area contributed by atoms with Gasteiger partial charge in [-0.1, -0.05) is 29.8 Å². The van der Waals surface area contributed by atoms with E-state index in [-0.39, 0.29) is 6.04 Å². The Labute approximate surface area is 132 Å². The van der Waals surface area contributed by atoms with E-state index in [0.717, 1.165) is 18.4 Å². The van der Waals surface area contributed by atoms with E-state index in [2.05, 4.69) is 4.74 Å². The molecular weight excluding hydrogens is 319 g/mol. The number of amides is 1. The van der Waals surface area contributed by atoms with Gasteiger partial charge in [-0.15, -0.1) is 0 Å². The molecule has 1 aliphatic heterocycles. The van der Waals surface area contributed by atoms with Gasteiger partial charge in [-0.2, -0.15) is 13.2 Å². The third-order valence-electron chi connectivity index (χ3n) is 3.60. The SMILES string of the molecule is O=C(COCC(F)(F)F)N1CCCC1Cc1ccccc1Cl. The first-order valence-electron chi connectivity index (χ1n) is 7.04. The van der Waals surface area contributed by atoms with Crippen LogP contribution in [0.4, 0.5) is 13.2 Å². The van der Waals surface area contributed by atoms with Crippen LogP contribution in [0.1, 0.15) is 18.4 Å². The number of likely N-dealkylation sites (tertiary alicyclic amines) is 1. The molecule has 122 valence electrons. The molecule has 1 aromatic carbocycles. The second-order valence-corrected chi connectivity index (χ2v) is 5.69. The lowest BCUT2D eigenvalue weighted by atomic mass is 10.0. The lowest BCUT2D eigenvalue weighted by Gasteiger charge is -2.25. The number of halogens is 4. The van der Waals surface area contributed by atoms with E-state index in [0.29, 0.717) is 18.0 Å². The van der Waals surface area contributed by atoms with Gasteiger partial charge >= 0.3 is 6.18 Å². The number of ether oxygens (including phenoxy) is 1. The first-order valence-corrected chi connectivity index (χ1v) is 7.42. The highest BCUT2D eigenvalue weighted by Gasteiger charge is 2.31. The van der Waals surface area contributed by atoms with Gasteiger partial charge in [0.05, 0.1) is 0 Å². The van der Waals surface area contributed by atoms with Crippen molar-refractivity contribution in [3.8, 4) is 0 Å². The van der Waals surface area contributed by atoms with Gasteiger partial charge in [-0.05, 0) is 30.9 Å². The van der Waals surface area contributed by atoms with Gasteiger partial charge in [-0.3, -0.25) is 4.79 Å². The molecule has 0 saturated carbocycles. The normalized spacial score (nSPS) is 18.7. The number of carbonyl (C=O) groups is 1. The molecule has 0 aromatic heterocycles. The van der Waals surface area contributed by atoms with Crippen molar-refractivity contribution in [3.05, 3.63) is 34.9 Å². The standard InChI is InChI=1S/C15H17ClF3NO2/c16-13-6-2-1-4-11(13)8-12-5-3-7-20(12)14(21)9-22-10-15(17,18)19/h1-2,4,6,12H,3,5,7-10H2. The number of benzene rings is 1. The zero-order chi connectivity index (χ0) is 16.2. The van der Waals surface area contributed by atoms with Crippen LogP contribution in [0.25, 0.3) is 0 Å². The van der Waals surface area contributed by atoms with Crippen LogP contribution in [-0.4, -0.2) is 42.8 Å². The summed E-state index contributed by atoms with van der Waals surface area (Å²) in [4.78, 5) is 13.6. The third-order valence-corrected chi connectivity index (χ3v) is 3.97. The minimum Gasteiger partial charge on any atom is -0.362 e. The Hall–Kier alpha value is -1.27. The van der Waals surface area contributed by atoms with Gasteiger partial charge in [0.2, 0.25) is 5.91 Å². The summed E-state index contributed by atoms with van der Waals surface area (Å²) in [6, 6.07) is 7.33. The van der Waals surface area contributed by atoms with Crippen molar-refractivity contribution < 1.29 is 22.7 Å². The fraction of sp³-hybridized carbons (Fsp3) is 0.533. The van der Waals surface area contributed by atoms with E-state index in [4.69, 9.17) is 11.6 Å². The highest BCUT2D eigenvalue weighted by atomic mass is 35.5. The Morgan fingerprint density at radius 1 is 1.36 bits per heavy atom. The largest absolute Gasteiger partial charge is 0.411 e. The van der Waals surface area contributed by atoms with Crippen molar-refractivity contribution in [1.82, 2.24) is 4.90 Å². The molecule has 0 bridgehead atoms. The summed E-state index contributed by atoms with van der Waals surface area (Å²) in [5.41, 5.74) is 0.935. The minimum atomic E-state index is -4.41. The molecule has 3 nitrogen and oxygen atoms in total. The number of carbonyl (C=O) groups excluding carboxylic acids is 1. The zero-order valence-corrected chi connectivity index (χ0v) is 12.7. The lowest BCUT2D eigenvalue weighted by molar-refractivity contribution is -0.178. The Morgan fingerprint density at radius 2 is 2.09 bits per heavy atom. The summed E-state index contributed by atoms with van der Waals surface area (Å²) in [6.45, 7) is -1.40. The summed E-state index contributed by atoms with van der Waals surface area (Å²) >= 11 is 6.11. The van der Waals surface area contributed by atoms with E-state index >= 15 is 0 Å². The van der Waals surface area contributed by atoms with Gasteiger partial charge in [0.1, 0.15) is 13.2 Å². The highest BCUT2D eigenvalue weighted by molar-refractivity contribution is 6.31. The van der Waals surface area contributed by atoms with Crippen LogP contribution in [0.3, 0.4) is 0 Å². The maximum atomic E-state index is 12.0. The molecule has 7 heteroatoms. The second-order valence-electron chi connectivity index (χ2n) is 5.29.